The number of hydrogen-bond donors (Lipinski definition) is 0. The van der Waals surface area contributed by atoms with E-state index in [-0.39, 0.29) is 0 Å². The van der Waals surface area contributed by atoms with E-state index in [9.17, 15) is 0 Å². The van der Waals surface area contributed by atoms with Crippen LogP contribution in [0.3, 0.4) is 0 Å². The lowest BCUT2D eigenvalue weighted by Crippen LogP contribution is -2.49. The van der Waals surface area contributed by atoms with Crippen molar-refractivity contribution in [2.75, 3.05) is 0 Å². The zero-order valence-corrected chi connectivity index (χ0v) is 13.3. The zero-order valence-electron chi connectivity index (χ0n) is 13.3. The van der Waals surface area contributed by atoms with Gasteiger partial charge in [-0.3, -0.25) is 0 Å². The van der Waals surface area contributed by atoms with E-state index in [0.29, 0.717) is 0 Å². The van der Waals surface area contributed by atoms with Crippen molar-refractivity contribution >= 4 is 0 Å². The Labute approximate surface area is 119 Å². The Balaban J connectivity index is 1.65. The van der Waals surface area contributed by atoms with Crippen molar-refractivity contribution in [3.8, 4) is 0 Å². The molecule has 7 atom stereocenters. The van der Waals surface area contributed by atoms with Gasteiger partial charge in [0.05, 0.1) is 0 Å². The highest BCUT2D eigenvalue weighted by Crippen LogP contribution is 2.67. The molecule has 0 saturated heterocycles. The lowest BCUT2D eigenvalue weighted by Gasteiger charge is -2.56. The molecule has 0 spiro atoms. The standard InChI is InChI=1S/C19H32/c1-13-11-14-6-7-15-16-5-4-9-18(16,2)10-8-17(15)19(14,3)12-13/h13-17H,4-12H2,1-3H3/t13-,14-,15-,16-,17-,18-,19-/m0/s1. The van der Waals surface area contributed by atoms with Gasteiger partial charge in [0.25, 0.3) is 0 Å². The van der Waals surface area contributed by atoms with Crippen LogP contribution in [0.4, 0.5) is 0 Å². The average molecular weight is 260 g/mol. The minimum atomic E-state index is 0.728. The summed E-state index contributed by atoms with van der Waals surface area (Å²) in [6.07, 6.45) is 14.0. The van der Waals surface area contributed by atoms with Crippen LogP contribution in [0.2, 0.25) is 0 Å². The molecule has 0 heterocycles. The summed E-state index contributed by atoms with van der Waals surface area (Å²) in [5.74, 6) is 5.38. The van der Waals surface area contributed by atoms with Gasteiger partial charge in [0, 0.05) is 0 Å². The molecular formula is C19H32. The number of hydrogen-bond acceptors (Lipinski definition) is 0. The third kappa shape index (κ3) is 1.64. The van der Waals surface area contributed by atoms with Crippen molar-refractivity contribution in [3.05, 3.63) is 0 Å². The first-order valence-electron chi connectivity index (χ1n) is 9.03. The Morgan fingerprint density at radius 1 is 0.895 bits per heavy atom. The van der Waals surface area contributed by atoms with E-state index in [0.717, 1.165) is 40.4 Å². The highest BCUT2D eigenvalue weighted by molar-refractivity contribution is 5.08. The lowest BCUT2D eigenvalue weighted by molar-refractivity contribution is -0.0748. The summed E-state index contributed by atoms with van der Waals surface area (Å²) < 4.78 is 0. The van der Waals surface area contributed by atoms with Gasteiger partial charge in [-0.05, 0) is 91.8 Å². The molecule has 4 aliphatic carbocycles. The van der Waals surface area contributed by atoms with Crippen LogP contribution in [-0.4, -0.2) is 0 Å². The Hall–Kier alpha value is 0. The molecule has 19 heavy (non-hydrogen) atoms. The molecule has 108 valence electrons. The van der Waals surface area contributed by atoms with Crippen LogP contribution in [-0.2, 0) is 0 Å². The van der Waals surface area contributed by atoms with E-state index < -0.39 is 0 Å². The summed E-state index contributed by atoms with van der Waals surface area (Å²) in [6, 6.07) is 0. The average Bonchev–Trinajstić information content (AvgIpc) is 2.87. The van der Waals surface area contributed by atoms with Crippen LogP contribution < -0.4 is 0 Å². The molecule has 4 rings (SSSR count). The van der Waals surface area contributed by atoms with Crippen molar-refractivity contribution in [1.29, 1.82) is 0 Å². The topological polar surface area (TPSA) is 0 Å². The second-order valence-corrected chi connectivity index (χ2v) is 9.29. The van der Waals surface area contributed by atoms with Gasteiger partial charge in [-0.1, -0.05) is 27.2 Å². The van der Waals surface area contributed by atoms with E-state index >= 15 is 0 Å². The molecule has 0 N–H and O–H groups in total. The fourth-order valence-electron chi connectivity index (χ4n) is 7.55. The molecule has 0 bridgehead atoms. The summed E-state index contributed by atoms with van der Waals surface area (Å²) in [6.45, 7) is 7.84. The fourth-order valence-corrected chi connectivity index (χ4v) is 7.55. The Morgan fingerprint density at radius 3 is 2.58 bits per heavy atom. The van der Waals surface area contributed by atoms with E-state index in [1.54, 1.807) is 44.9 Å². The molecule has 0 aromatic carbocycles. The third-order valence-corrected chi connectivity index (χ3v) is 8.32. The highest BCUT2D eigenvalue weighted by atomic mass is 14.6. The van der Waals surface area contributed by atoms with E-state index in [1.165, 1.54) is 12.8 Å². The molecule has 0 unspecified atom stereocenters. The first-order chi connectivity index (χ1) is 9.03. The van der Waals surface area contributed by atoms with Crippen LogP contribution >= 0.6 is 0 Å². The molecule has 0 amide bonds. The second-order valence-electron chi connectivity index (χ2n) is 9.29. The maximum absolute atomic E-state index is 2.69. The first-order valence-corrected chi connectivity index (χ1v) is 9.03. The van der Waals surface area contributed by atoms with E-state index in [4.69, 9.17) is 0 Å². The van der Waals surface area contributed by atoms with Gasteiger partial charge < -0.3 is 0 Å². The smallest absolute Gasteiger partial charge is 0.0264 e. The summed E-state index contributed by atoms with van der Waals surface area (Å²) in [7, 11) is 0. The second kappa shape index (κ2) is 4.01. The summed E-state index contributed by atoms with van der Waals surface area (Å²) in [5.41, 5.74) is 1.47. The Bertz CT molecular complexity index is 372. The van der Waals surface area contributed by atoms with E-state index in [1.807, 2.05) is 0 Å². The van der Waals surface area contributed by atoms with Crippen LogP contribution in [0.25, 0.3) is 0 Å². The monoisotopic (exact) mass is 260 g/mol. The van der Waals surface area contributed by atoms with Gasteiger partial charge in [-0.2, -0.15) is 0 Å². The molecule has 0 aromatic rings. The Kier molecular flexibility index (Phi) is 2.69. The molecule has 4 aliphatic rings. The molecule has 0 nitrogen and oxygen atoms in total. The predicted molar refractivity (Wildman–Crippen MR) is 80.9 cm³/mol. The van der Waals surface area contributed by atoms with Gasteiger partial charge >= 0.3 is 0 Å². The number of rotatable bonds is 0. The summed E-state index contributed by atoms with van der Waals surface area (Å²) >= 11 is 0. The van der Waals surface area contributed by atoms with Crippen molar-refractivity contribution in [2.45, 2.75) is 78.6 Å². The summed E-state index contributed by atoms with van der Waals surface area (Å²) in [4.78, 5) is 0. The Morgan fingerprint density at radius 2 is 1.74 bits per heavy atom. The molecule has 0 aliphatic heterocycles. The van der Waals surface area contributed by atoms with Crippen molar-refractivity contribution in [1.82, 2.24) is 0 Å². The van der Waals surface area contributed by atoms with Gasteiger partial charge in [-0.15, -0.1) is 0 Å². The fraction of sp³-hybridized carbons (Fsp3) is 1.00. The number of fused-ring (bicyclic) bond motifs is 5. The largest absolute Gasteiger partial charge is 0.0625 e. The minimum absolute atomic E-state index is 0.728. The predicted octanol–water partition coefficient (Wildman–Crippen LogP) is 5.67. The van der Waals surface area contributed by atoms with Crippen LogP contribution in [0.15, 0.2) is 0 Å². The molecule has 4 fully saturated rings. The molecule has 0 radical (unpaired) electrons. The molecule has 0 aromatic heterocycles. The highest BCUT2D eigenvalue weighted by Gasteiger charge is 2.58. The van der Waals surface area contributed by atoms with E-state index in [2.05, 4.69) is 20.8 Å². The van der Waals surface area contributed by atoms with Gasteiger partial charge in [-0.25, -0.2) is 0 Å². The first kappa shape index (κ1) is 12.7. The third-order valence-electron chi connectivity index (χ3n) is 8.32. The van der Waals surface area contributed by atoms with Gasteiger partial charge in [0.2, 0.25) is 0 Å². The molecule has 4 saturated carbocycles. The molecule has 0 heteroatoms. The van der Waals surface area contributed by atoms with Crippen LogP contribution in [0.5, 0.6) is 0 Å². The summed E-state index contributed by atoms with van der Waals surface area (Å²) in [5, 5.41) is 0. The quantitative estimate of drug-likeness (QED) is 0.527. The zero-order chi connectivity index (χ0) is 13.3. The van der Waals surface area contributed by atoms with Crippen molar-refractivity contribution in [3.63, 3.8) is 0 Å². The maximum atomic E-state index is 2.69. The van der Waals surface area contributed by atoms with Gasteiger partial charge in [0.15, 0.2) is 0 Å². The van der Waals surface area contributed by atoms with Crippen LogP contribution in [0.1, 0.15) is 78.6 Å². The van der Waals surface area contributed by atoms with Crippen molar-refractivity contribution in [2.24, 2.45) is 40.4 Å². The molecular weight excluding hydrogens is 228 g/mol. The minimum Gasteiger partial charge on any atom is -0.0625 e. The van der Waals surface area contributed by atoms with Crippen LogP contribution in [0, 0.1) is 40.4 Å². The lowest BCUT2D eigenvalue weighted by atomic mass is 9.48. The van der Waals surface area contributed by atoms with Gasteiger partial charge in [0.1, 0.15) is 0 Å². The van der Waals surface area contributed by atoms with Crippen molar-refractivity contribution < 1.29 is 0 Å². The maximum Gasteiger partial charge on any atom is -0.0264 e. The SMILES string of the molecule is C[C@H]1C[C@@H]2CC[C@H]3[C@@H]4CCC[C@@]4(C)CC[C@@H]3[C@@]2(C)C1. The normalized spacial score (nSPS) is 60.5.